The monoisotopic (exact) mass is 400 g/mol. The molecule has 1 atom stereocenters. The average molecular weight is 400 g/mol. The molecule has 2 aliphatic rings. The molecule has 1 N–H and O–H groups in total. The second-order valence-electron chi connectivity index (χ2n) is 7.91. The summed E-state index contributed by atoms with van der Waals surface area (Å²) in [4.78, 5) is 27.8. The zero-order valence-corrected chi connectivity index (χ0v) is 16.4. The normalized spacial score (nSPS) is 26.6. The topological polar surface area (TPSA) is 71.8 Å². The van der Waals surface area contributed by atoms with E-state index in [2.05, 4.69) is 12.2 Å². The highest BCUT2D eigenvalue weighted by atomic mass is 19.1. The standard InChI is InChI=1S/C22H25FN2O4/c1-15-8-10-22(11-9-15)25(21(27)17-6-2-3-7-18(17)23)19(14-29-22)20(26)24-13-16-5-4-12-28-16/h2-7,12,15,19H,8-11,13-14H2,1H3,(H,24,26). The van der Waals surface area contributed by atoms with Crippen LogP contribution in [0.3, 0.4) is 0 Å². The van der Waals surface area contributed by atoms with Crippen molar-refractivity contribution in [3.63, 3.8) is 0 Å². The van der Waals surface area contributed by atoms with Crippen LogP contribution in [0.4, 0.5) is 4.39 Å². The van der Waals surface area contributed by atoms with E-state index < -0.39 is 23.5 Å². The van der Waals surface area contributed by atoms with Crippen LogP contribution in [0.2, 0.25) is 0 Å². The number of hydrogen-bond donors (Lipinski definition) is 1. The molecule has 4 rings (SSSR count). The number of nitrogens with zero attached hydrogens (tertiary/aromatic N) is 1. The number of furan rings is 1. The molecule has 1 aliphatic carbocycles. The van der Waals surface area contributed by atoms with Crippen molar-refractivity contribution in [3.8, 4) is 0 Å². The van der Waals surface area contributed by atoms with Crippen molar-refractivity contribution >= 4 is 11.8 Å². The van der Waals surface area contributed by atoms with E-state index in [9.17, 15) is 14.0 Å². The van der Waals surface area contributed by atoms with Crippen molar-refractivity contribution in [3.05, 3.63) is 59.8 Å². The summed E-state index contributed by atoms with van der Waals surface area (Å²) in [6, 6.07) is 8.56. The van der Waals surface area contributed by atoms with Gasteiger partial charge in [0.1, 0.15) is 23.3 Å². The highest BCUT2D eigenvalue weighted by molar-refractivity contribution is 5.98. The van der Waals surface area contributed by atoms with E-state index in [1.165, 1.54) is 29.4 Å². The van der Waals surface area contributed by atoms with Crippen LogP contribution in [0.1, 0.15) is 48.7 Å². The fourth-order valence-electron chi connectivity index (χ4n) is 4.25. The van der Waals surface area contributed by atoms with E-state index in [-0.39, 0.29) is 24.6 Å². The molecular weight excluding hydrogens is 375 g/mol. The first kappa shape index (κ1) is 19.6. The molecule has 1 spiro atoms. The molecule has 1 aromatic heterocycles. The Balaban J connectivity index is 1.60. The van der Waals surface area contributed by atoms with Crippen LogP contribution in [-0.2, 0) is 16.1 Å². The summed E-state index contributed by atoms with van der Waals surface area (Å²) < 4.78 is 25.7. The Hall–Kier alpha value is -2.67. The fraction of sp³-hybridized carbons (Fsp3) is 0.455. The zero-order chi connectivity index (χ0) is 20.4. The fourth-order valence-corrected chi connectivity index (χ4v) is 4.25. The molecular formula is C22H25FN2O4. The maximum atomic E-state index is 14.4. The third-order valence-electron chi connectivity index (χ3n) is 5.96. The predicted molar refractivity (Wildman–Crippen MR) is 103 cm³/mol. The first-order valence-electron chi connectivity index (χ1n) is 10.0. The van der Waals surface area contributed by atoms with Gasteiger partial charge in [0.05, 0.1) is 25.0 Å². The quantitative estimate of drug-likeness (QED) is 0.853. The minimum absolute atomic E-state index is 0.0418. The second-order valence-corrected chi connectivity index (χ2v) is 7.91. The SMILES string of the molecule is CC1CCC2(CC1)OCC(C(=O)NCc1ccco1)N2C(=O)c1ccccc1F. The van der Waals surface area contributed by atoms with Gasteiger partial charge in [0.25, 0.3) is 5.91 Å². The Bertz CT molecular complexity index is 875. The van der Waals surface area contributed by atoms with Crippen molar-refractivity contribution in [2.45, 2.75) is 50.9 Å². The lowest BCUT2D eigenvalue weighted by Gasteiger charge is -2.43. The van der Waals surface area contributed by atoms with Crippen LogP contribution in [0, 0.1) is 11.7 Å². The molecule has 2 fully saturated rings. The number of ether oxygens (including phenoxy) is 1. The lowest BCUT2D eigenvalue weighted by Crippen LogP contribution is -2.56. The summed E-state index contributed by atoms with van der Waals surface area (Å²) in [6.07, 6.45) is 4.59. The number of benzene rings is 1. The van der Waals surface area contributed by atoms with E-state index in [1.807, 2.05) is 0 Å². The van der Waals surface area contributed by atoms with E-state index in [0.717, 1.165) is 12.8 Å². The van der Waals surface area contributed by atoms with Gasteiger partial charge in [0, 0.05) is 0 Å². The molecule has 2 heterocycles. The molecule has 6 nitrogen and oxygen atoms in total. The summed E-state index contributed by atoms with van der Waals surface area (Å²) in [5, 5.41) is 2.81. The second kappa shape index (κ2) is 7.99. The number of amides is 2. The summed E-state index contributed by atoms with van der Waals surface area (Å²) >= 11 is 0. The molecule has 1 saturated heterocycles. The lowest BCUT2D eigenvalue weighted by atomic mass is 9.83. The maximum absolute atomic E-state index is 14.4. The molecule has 1 unspecified atom stereocenters. The molecule has 154 valence electrons. The minimum Gasteiger partial charge on any atom is -0.467 e. The van der Waals surface area contributed by atoms with Gasteiger partial charge in [0.15, 0.2) is 0 Å². The van der Waals surface area contributed by atoms with Gasteiger partial charge in [-0.25, -0.2) is 4.39 Å². The van der Waals surface area contributed by atoms with Gasteiger partial charge in [-0.05, 0) is 55.9 Å². The first-order chi connectivity index (χ1) is 14.0. The van der Waals surface area contributed by atoms with Gasteiger partial charge in [-0.1, -0.05) is 19.1 Å². The molecule has 0 bridgehead atoms. The number of hydrogen-bond acceptors (Lipinski definition) is 4. The Morgan fingerprint density at radius 2 is 1.97 bits per heavy atom. The van der Waals surface area contributed by atoms with Gasteiger partial charge < -0.3 is 14.5 Å². The number of halogens is 1. The van der Waals surface area contributed by atoms with Crippen LogP contribution >= 0.6 is 0 Å². The van der Waals surface area contributed by atoms with Gasteiger partial charge in [-0.2, -0.15) is 0 Å². The number of nitrogens with one attached hydrogen (secondary N) is 1. The van der Waals surface area contributed by atoms with Crippen molar-refractivity contribution in [2.24, 2.45) is 5.92 Å². The molecule has 0 radical (unpaired) electrons. The summed E-state index contributed by atoms with van der Waals surface area (Å²) in [5.74, 6) is -0.291. The Kier molecular flexibility index (Phi) is 5.41. The van der Waals surface area contributed by atoms with Gasteiger partial charge in [0.2, 0.25) is 5.91 Å². The molecule has 2 aromatic rings. The average Bonchev–Trinajstić information content (AvgIpc) is 3.37. The van der Waals surface area contributed by atoms with Crippen LogP contribution in [0.5, 0.6) is 0 Å². The number of rotatable bonds is 4. The molecule has 29 heavy (non-hydrogen) atoms. The van der Waals surface area contributed by atoms with Crippen molar-refractivity contribution in [1.29, 1.82) is 0 Å². The van der Waals surface area contributed by atoms with Gasteiger partial charge in [-0.3, -0.25) is 14.5 Å². The van der Waals surface area contributed by atoms with Crippen molar-refractivity contribution in [1.82, 2.24) is 10.2 Å². The molecule has 7 heteroatoms. The minimum atomic E-state index is -0.863. The predicted octanol–water partition coefficient (Wildman–Crippen LogP) is 3.48. The smallest absolute Gasteiger partial charge is 0.259 e. The molecule has 2 amide bonds. The zero-order valence-electron chi connectivity index (χ0n) is 16.4. The Labute approximate surface area is 169 Å². The third-order valence-corrected chi connectivity index (χ3v) is 5.96. The van der Waals surface area contributed by atoms with Crippen LogP contribution in [0.25, 0.3) is 0 Å². The number of carbonyl (C=O) groups excluding carboxylic acids is 2. The first-order valence-corrected chi connectivity index (χ1v) is 10.0. The maximum Gasteiger partial charge on any atom is 0.259 e. The van der Waals surface area contributed by atoms with Crippen LogP contribution in [-0.4, -0.2) is 35.1 Å². The molecule has 1 aliphatic heterocycles. The van der Waals surface area contributed by atoms with Crippen molar-refractivity contribution in [2.75, 3.05) is 6.61 Å². The summed E-state index contributed by atoms with van der Waals surface area (Å²) in [7, 11) is 0. The van der Waals surface area contributed by atoms with Crippen LogP contribution in [0.15, 0.2) is 47.1 Å². The van der Waals surface area contributed by atoms with E-state index in [1.54, 1.807) is 18.2 Å². The number of carbonyl (C=O) groups is 2. The van der Waals surface area contributed by atoms with E-state index in [4.69, 9.17) is 9.15 Å². The van der Waals surface area contributed by atoms with Crippen LogP contribution < -0.4 is 5.32 Å². The van der Waals surface area contributed by atoms with Crippen molar-refractivity contribution < 1.29 is 23.1 Å². The third kappa shape index (κ3) is 3.79. The highest BCUT2D eigenvalue weighted by Gasteiger charge is 2.53. The summed E-state index contributed by atoms with van der Waals surface area (Å²) in [5.41, 5.74) is -0.904. The van der Waals surface area contributed by atoms with E-state index >= 15 is 0 Å². The van der Waals surface area contributed by atoms with Gasteiger partial charge >= 0.3 is 0 Å². The Morgan fingerprint density at radius 1 is 1.21 bits per heavy atom. The van der Waals surface area contributed by atoms with E-state index in [0.29, 0.717) is 24.5 Å². The molecule has 1 aromatic carbocycles. The largest absolute Gasteiger partial charge is 0.467 e. The Morgan fingerprint density at radius 3 is 2.66 bits per heavy atom. The summed E-state index contributed by atoms with van der Waals surface area (Å²) in [6.45, 7) is 2.48. The molecule has 1 saturated carbocycles. The lowest BCUT2D eigenvalue weighted by molar-refractivity contribution is -0.128. The van der Waals surface area contributed by atoms with Gasteiger partial charge in [-0.15, -0.1) is 0 Å². The highest BCUT2D eigenvalue weighted by Crippen LogP contribution is 2.43.